The van der Waals surface area contributed by atoms with Gasteiger partial charge in [-0.15, -0.1) is 0 Å². The summed E-state index contributed by atoms with van der Waals surface area (Å²) in [5, 5.41) is 0. The van der Waals surface area contributed by atoms with Gasteiger partial charge in [0.15, 0.2) is 11.5 Å². The summed E-state index contributed by atoms with van der Waals surface area (Å²) in [6.45, 7) is 8.17. The highest BCUT2D eigenvalue weighted by molar-refractivity contribution is 5.76. The Kier molecular flexibility index (Phi) is 3.78. The first-order chi connectivity index (χ1) is 9.27. The molecule has 0 radical (unpaired) electrons. The van der Waals surface area contributed by atoms with E-state index in [0.29, 0.717) is 17.1 Å². The third-order valence-electron chi connectivity index (χ3n) is 3.58. The van der Waals surface area contributed by atoms with E-state index >= 15 is 0 Å². The second kappa shape index (κ2) is 5.09. The number of carbonyl (C=O) groups is 1. The Morgan fingerprint density at radius 3 is 2.45 bits per heavy atom. The molecule has 0 amide bonds. The highest BCUT2D eigenvalue weighted by atomic mass is 16.6. The zero-order chi connectivity index (χ0) is 15.0. The molecule has 4 heteroatoms. The molecule has 0 spiro atoms. The van der Waals surface area contributed by atoms with E-state index in [4.69, 9.17) is 14.2 Å². The third-order valence-corrected chi connectivity index (χ3v) is 3.58. The zero-order valence-corrected chi connectivity index (χ0v) is 12.7. The van der Waals surface area contributed by atoms with Crippen molar-refractivity contribution in [1.29, 1.82) is 0 Å². The van der Waals surface area contributed by atoms with Gasteiger partial charge in [0, 0.05) is 12.0 Å². The van der Waals surface area contributed by atoms with Gasteiger partial charge in [-0.1, -0.05) is 0 Å². The first-order valence-corrected chi connectivity index (χ1v) is 6.77. The molecule has 1 aliphatic heterocycles. The maximum Gasteiger partial charge on any atom is 0.161 e. The van der Waals surface area contributed by atoms with Crippen molar-refractivity contribution in [3.63, 3.8) is 0 Å². The van der Waals surface area contributed by atoms with Gasteiger partial charge in [0.2, 0.25) is 0 Å². The van der Waals surface area contributed by atoms with Crippen molar-refractivity contribution in [3.8, 4) is 11.5 Å². The Morgan fingerprint density at radius 1 is 1.25 bits per heavy atom. The molecule has 0 aromatic heterocycles. The van der Waals surface area contributed by atoms with E-state index in [1.165, 1.54) is 0 Å². The summed E-state index contributed by atoms with van der Waals surface area (Å²) in [6, 6.07) is 5.17. The lowest BCUT2D eigenvalue weighted by molar-refractivity contribution is -0.0847. The second-order valence-corrected chi connectivity index (χ2v) is 6.30. The van der Waals surface area contributed by atoms with Crippen molar-refractivity contribution in [2.24, 2.45) is 0 Å². The number of hydrogen-bond acceptors (Lipinski definition) is 4. The number of aldehydes is 1. The molecule has 1 aromatic carbocycles. The van der Waals surface area contributed by atoms with Crippen LogP contribution in [0.2, 0.25) is 0 Å². The van der Waals surface area contributed by atoms with Crippen LogP contribution in [0.1, 0.15) is 44.5 Å². The summed E-state index contributed by atoms with van der Waals surface area (Å²) >= 11 is 0. The SMILES string of the molecule is COc1cc(C=O)ccc1OC1CC(C)(C)OC1(C)C. The fourth-order valence-electron chi connectivity index (χ4n) is 2.70. The van der Waals surface area contributed by atoms with Crippen LogP contribution in [0.5, 0.6) is 11.5 Å². The highest BCUT2D eigenvalue weighted by Gasteiger charge is 2.47. The zero-order valence-electron chi connectivity index (χ0n) is 12.7. The largest absolute Gasteiger partial charge is 0.493 e. The average molecular weight is 278 g/mol. The quantitative estimate of drug-likeness (QED) is 0.793. The highest BCUT2D eigenvalue weighted by Crippen LogP contribution is 2.41. The van der Waals surface area contributed by atoms with Gasteiger partial charge in [-0.25, -0.2) is 0 Å². The molecule has 1 aromatic rings. The van der Waals surface area contributed by atoms with E-state index in [9.17, 15) is 4.79 Å². The molecule has 4 nitrogen and oxygen atoms in total. The van der Waals surface area contributed by atoms with Crippen LogP contribution in [0.4, 0.5) is 0 Å². The monoisotopic (exact) mass is 278 g/mol. The summed E-state index contributed by atoms with van der Waals surface area (Å²) in [6.07, 6.45) is 1.53. The van der Waals surface area contributed by atoms with Gasteiger partial charge < -0.3 is 14.2 Å². The Bertz CT molecular complexity index is 505. The first kappa shape index (κ1) is 14.9. The molecule has 1 atom stereocenters. The minimum Gasteiger partial charge on any atom is -0.493 e. The van der Waals surface area contributed by atoms with Crippen LogP contribution < -0.4 is 9.47 Å². The van der Waals surface area contributed by atoms with Gasteiger partial charge in [-0.05, 0) is 45.9 Å². The Balaban J connectivity index is 2.24. The lowest BCUT2D eigenvalue weighted by Gasteiger charge is -2.27. The van der Waals surface area contributed by atoms with Crippen LogP contribution in [0.15, 0.2) is 18.2 Å². The fraction of sp³-hybridized carbons (Fsp3) is 0.562. The normalized spacial score (nSPS) is 23.4. The molecule has 20 heavy (non-hydrogen) atoms. The number of methoxy groups -OCH3 is 1. The molecule has 1 unspecified atom stereocenters. The van der Waals surface area contributed by atoms with Gasteiger partial charge in [0.1, 0.15) is 18.0 Å². The van der Waals surface area contributed by atoms with Gasteiger partial charge in [-0.3, -0.25) is 4.79 Å². The maximum atomic E-state index is 10.8. The lowest BCUT2D eigenvalue weighted by Crippen LogP contribution is -2.36. The van der Waals surface area contributed by atoms with Crippen LogP contribution in [0, 0.1) is 0 Å². The van der Waals surface area contributed by atoms with E-state index in [1.807, 2.05) is 13.8 Å². The Hall–Kier alpha value is -1.55. The second-order valence-electron chi connectivity index (χ2n) is 6.30. The molecule has 1 aliphatic rings. The fourth-order valence-corrected chi connectivity index (χ4v) is 2.70. The number of carbonyl (C=O) groups excluding carboxylic acids is 1. The molecule has 1 heterocycles. The number of benzene rings is 1. The van der Waals surface area contributed by atoms with Gasteiger partial charge >= 0.3 is 0 Å². The molecule has 2 rings (SSSR count). The van der Waals surface area contributed by atoms with Crippen molar-refractivity contribution in [2.45, 2.75) is 51.4 Å². The predicted octanol–water partition coefficient (Wildman–Crippen LogP) is 3.23. The minimum atomic E-state index is -0.363. The van der Waals surface area contributed by atoms with Crippen LogP contribution in [0.25, 0.3) is 0 Å². The Labute approximate surface area is 120 Å². The van der Waals surface area contributed by atoms with Crippen LogP contribution >= 0.6 is 0 Å². The van der Waals surface area contributed by atoms with Gasteiger partial charge in [0.25, 0.3) is 0 Å². The Morgan fingerprint density at radius 2 is 1.95 bits per heavy atom. The average Bonchev–Trinajstić information content (AvgIpc) is 2.57. The van der Waals surface area contributed by atoms with Crippen molar-refractivity contribution < 1.29 is 19.0 Å². The summed E-state index contributed by atoms with van der Waals surface area (Å²) in [7, 11) is 1.57. The molecule has 0 N–H and O–H groups in total. The summed E-state index contributed by atoms with van der Waals surface area (Å²) < 4.78 is 17.4. The molecule has 0 saturated carbocycles. The number of hydrogen-bond donors (Lipinski definition) is 0. The smallest absolute Gasteiger partial charge is 0.161 e. The standard InChI is InChI=1S/C16H22O4/c1-15(2)9-14(16(3,4)20-15)19-12-7-6-11(10-17)8-13(12)18-5/h6-8,10,14H,9H2,1-5H3. The molecule has 1 fully saturated rings. The molecular formula is C16H22O4. The molecule has 110 valence electrons. The lowest BCUT2D eigenvalue weighted by atomic mass is 9.97. The first-order valence-electron chi connectivity index (χ1n) is 6.77. The van der Waals surface area contributed by atoms with Crippen molar-refractivity contribution in [2.75, 3.05) is 7.11 Å². The minimum absolute atomic E-state index is 0.0616. The van der Waals surface area contributed by atoms with E-state index in [0.717, 1.165) is 12.7 Å². The van der Waals surface area contributed by atoms with Crippen molar-refractivity contribution >= 4 is 6.29 Å². The summed E-state index contributed by atoms with van der Waals surface area (Å²) in [4.78, 5) is 10.8. The molecule has 0 bridgehead atoms. The van der Waals surface area contributed by atoms with Crippen LogP contribution in [0.3, 0.4) is 0 Å². The van der Waals surface area contributed by atoms with Crippen molar-refractivity contribution in [3.05, 3.63) is 23.8 Å². The van der Waals surface area contributed by atoms with Crippen LogP contribution in [-0.4, -0.2) is 30.7 Å². The molecular weight excluding hydrogens is 256 g/mol. The number of ether oxygens (including phenoxy) is 3. The summed E-state index contributed by atoms with van der Waals surface area (Å²) in [5.41, 5.74) is -0.00131. The maximum absolute atomic E-state index is 10.8. The van der Waals surface area contributed by atoms with Crippen molar-refractivity contribution in [1.82, 2.24) is 0 Å². The topological polar surface area (TPSA) is 44.8 Å². The van der Waals surface area contributed by atoms with E-state index in [-0.39, 0.29) is 17.3 Å². The molecule has 1 saturated heterocycles. The number of rotatable bonds is 4. The van der Waals surface area contributed by atoms with Gasteiger partial charge in [0.05, 0.1) is 12.7 Å². The third kappa shape index (κ3) is 2.96. The molecule has 0 aliphatic carbocycles. The van der Waals surface area contributed by atoms with E-state index in [1.54, 1.807) is 25.3 Å². The summed E-state index contributed by atoms with van der Waals surface area (Å²) in [5.74, 6) is 1.20. The van der Waals surface area contributed by atoms with E-state index in [2.05, 4.69) is 13.8 Å². The predicted molar refractivity (Wildman–Crippen MR) is 76.7 cm³/mol. The van der Waals surface area contributed by atoms with Gasteiger partial charge in [-0.2, -0.15) is 0 Å². The van der Waals surface area contributed by atoms with E-state index < -0.39 is 0 Å². The van der Waals surface area contributed by atoms with Crippen LogP contribution in [-0.2, 0) is 4.74 Å².